The number of hydrogen-bond donors (Lipinski definition) is 2. The first-order valence-electron chi connectivity index (χ1n) is 7.62. The first-order chi connectivity index (χ1) is 12.3. The van der Waals surface area contributed by atoms with Gasteiger partial charge in [-0.2, -0.15) is 13.2 Å². The third kappa shape index (κ3) is 2.82. The summed E-state index contributed by atoms with van der Waals surface area (Å²) in [4.78, 5) is 18.5. The Bertz CT molecular complexity index is 1180. The van der Waals surface area contributed by atoms with Crippen LogP contribution in [-0.4, -0.2) is 15.1 Å². The van der Waals surface area contributed by atoms with Crippen LogP contribution < -0.4 is 5.56 Å². The number of aromatic nitrogens is 2. The Labute approximate surface area is 148 Å². The van der Waals surface area contributed by atoms with E-state index in [0.717, 1.165) is 29.0 Å². The lowest BCUT2D eigenvalue weighted by molar-refractivity contribution is -0.136. The number of fused-ring (bicyclic) bond motifs is 3. The van der Waals surface area contributed by atoms with Crippen molar-refractivity contribution in [3.8, 4) is 5.75 Å². The first kappa shape index (κ1) is 16.6. The standard InChI is InChI=1S/C18H11F3N2O2S/c19-18(20,21)11-7-10(6-9-4-2-1-3-5-9)22-17-14(11)15-16(26-17)12(24)8-13(25)23-15/h1-5,7-8H,6H2,(H2,23,24,25). The smallest absolute Gasteiger partial charge is 0.417 e. The van der Waals surface area contributed by atoms with Crippen LogP contribution >= 0.6 is 11.3 Å². The van der Waals surface area contributed by atoms with Gasteiger partial charge in [0.2, 0.25) is 0 Å². The monoisotopic (exact) mass is 376 g/mol. The van der Waals surface area contributed by atoms with Gasteiger partial charge in [-0.1, -0.05) is 30.3 Å². The number of alkyl halides is 3. The summed E-state index contributed by atoms with van der Waals surface area (Å²) in [6.45, 7) is 0. The maximum atomic E-state index is 13.7. The minimum Gasteiger partial charge on any atom is -0.506 e. The lowest BCUT2D eigenvalue weighted by Gasteiger charge is -2.11. The summed E-state index contributed by atoms with van der Waals surface area (Å²) in [6, 6.07) is 11.0. The van der Waals surface area contributed by atoms with Gasteiger partial charge in [-0.25, -0.2) is 4.98 Å². The summed E-state index contributed by atoms with van der Waals surface area (Å²) in [5.41, 5.74) is -0.479. The van der Waals surface area contributed by atoms with Gasteiger partial charge in [0.1, 0.15) is 10.6 Å². The van der Waals surface area contributed by atoms with Gasteiger partial charge in [0.05, 0.1) is 15.8 Å². The number of pyridine rings is 2. The van der Waals surface area contributed by atoms with E-state index in [4.69, 9.17) is 0 Å². The molecule has 1 aromatic carbocycles. The van der Waals surface area contributed by atoms with Crippen LogP contribution in [0.4, 0.5) is 13.2 Å². The van der Waals surface area contributed by atoms with Crippen LogP contribution in [0.25, 0.3) is 20.4 Å². The zero-order chi connectivity index (χ0) is 18.5. The molecule has 3 aromatic heterocycles. The molecule has 0 aliphatic heterocycles. The molecule has 132 valence electrons. The SMILES string of the molecule is O=c1cc(O)c2sc3nc(Cc4ccccc4)cc(C(F)(F)F)c3c2[nH]1. The molecule has 4 rings (SSSR count). The minimum atomic E-state index is -4.62. The van der Waals surface area contributed by atoms with Gasteiger partial charge in [-0.05, 0) is 11.6 Å². The first-order valence-corrected chi connectivity index (χ1v) is 8.44. The maximum Gasteiger partial charge on any atom is 0.417 e. The topological polar surface area (TPSA) is 66.0 Å². The van der Waals surface area contributed by atoms with Crippen LogP contribution in [0.15, 0.2) is 47.3 Å². The van der Waals surface area contributed by atoms with Crippen molar-refractivity contribution in [2.45, 2.75) is 12.6 Å². The molecule has 0 amide bonds. The normalized spacial score (nSPS) is 12.1. The molecule has 0 unspecified atom stereocenters. The second-order valence-electron chi connectivity index (χ2n) is 5.83. The fraction of sp³-hybridized carbons (Fsp3) is 0.111. The molecule has 2 N–H and O–H groups in total. The molecule has 0 saturated heterocycles. The van der Waals surface area contributed by atoms with Gasteiger partial charge < -0.3 is 10.1 Å². The number of nitrogens with one attached hydrogen (secondary N) is 1. The van der Waals surface area contributed by atoms with Crippen LogP contribution in [0, 0.1) is 0 Å². The largest absolute Gasteiger partial charge is 0.506 e. The van der Waals surface area contributed by atoms with Gasteiger partial charge in [0, 0.05) is 23.6 Å². The Morgan fingerprint density at radius 2 is 1.88 bits per heavy atom. The molecular formula is C18H11F3N2O2S. The van der Waals surface area contributed by atoms with E-state index in [1.165, 1.54) is 0 Å². The molecule has 0 aliphatic rings. The number of aromatic hydroxyl groups is 1. The number of nitrogens with zero attached hydrogens (tertiary/aromatic N) is 1. The molecule has 3 heterocycles. The Balaban J connectivity index is 2.02. The van der Waals surface area contributed by atoms with Crippen molar-refractivity contribution in [2.75, 3.05) is 0 Å². The average molecular weight is 376 g/mol. The predicted octanol–water partition coefficient (Wildman–Crippen LogP) is 4.45. The van der Waals surface area contributed by atoms with Crippen LogP contribution in [-0.2, 0) is 12.6 Å². The highest BCUT2D eigenvalue weighted by Crippen LogP contribution is 2.43. The molecule has 0 radical (unpaired) electrons. The van der Waals surface area contributed by atoms with Gasteiger partial charge in [-0.3, -0.25) is 4.79 Å². The highest BCUT2D eigenvalue weighted by molar-refractivity contribution is 7.25. The Kier molecular flexibility index (Phi) is 3.73. The number of benzene rings is 1. The van der Waals surface area contributed by atoms with Gasteiger partial charge in [0.25, 0.3) is 5.56 Å². The van der Waals surface area contributed by atoms with Crippen molar-refractivity contribution >= 4 is 31.8 Å². The quantitative estimate of drug-likeness (QED) is 0.543. The molecule has 0 atom stereocenters. The van der Waals surface area contributed by atoms with Crippen molar-refractivity contribution in [3.05, 3.63) is 69.6 Å². The lowest BCUT2D eigenvalue weighted by Crippen LogP contribution is -2.09. The van der Waals surface area contributed by atoms with E-state index in [9.17, 15) is 23.1 Å². The summed E-state index contributed by atoms with van der Waals surface area (Å²) >= 11 is 0.921. The number of thiophene rings is 1. The zero-order valence-electron chi connectivity index (χ0n) is 13.1. The highest BCUT2D eigenvalue weighted by atomic mass is 32.1. The number of aromatic amines is 1. The Morgan fingerprint density at radius 3 is 2.58 bits per heavy atom. The van der Waals surface area contributed by atoms with Gasteiger partial charge in [0.15, 0.2) is 0 Å². The molecule has 0 spiro atoms. The summed E-state index contributed by atoms with van der Waals surface area (Å²) in [7, 11) is 0. The number of halogens is 3. The van der Waals surface area contributed by atoms with E-state index >= 15 is 0 Å². The van der Waals surface area contributed by atoms with Crippen molar-refractivity contribution in [1.29, 1.82) is 0 Å². The molecule has 26 heavy (non-hydrogen) atoms. The molecule has 4 nitrogen and oxygen atoms in total. The van der Waals surface area contributed by atoms with Crippen molar-refractivity contribution in [1.82, 2.24) is 9.97 Å². The molecule has 0 fully saturated rings. The van der Waals surface area contributed by atoms with Gasteiger partial charge >= 0.3 is 6.18 Å². The maximum absolute atomic E-state index is 13.7. The second-order valence-corrected chi connectivity index (χ2v) is 6.83. The van der Waals surface area contributed by atoms with Gasteiger partial charge in [-0.15, -0.1) is 11.3 Å². The third-order valence-electron chi connectivity index (χ3n) is 4.00. The third-order valence-corrected chi connectivity index (χ3v) is 5.10. The van der Waals surface area contributed by atoms with Crippen LogP contribution in [0.5, 0.6) is 5.75 Å². The highest BCUT2D eigenvalue weighted by Gasteiger charge is 2.35. The summed E-state index contributed by atoms with van der Waals surface area (Å²) in [5, 5.41) is 9.74. The Hall–Kier alpha value is -2.87. The van der Waals surface area contributed by atoms with Crippen LogP contribution in [0.1, 0.15) is 16.8 Å². The molecular weight excluding hydrogens is 365 g/mol. The summed E-state index contributed by atoms with van der Waals surface area (Å²) in [6.07, 6.45) is -4.38. The van der Waals surface area contributed by atoms with E-state index in [-0.39, 0.29) is 38.3 Å². The van der Waals surface area contributed by atoms with Crippen molar-refractivity contribution in [3.63, 3.8) is 0 Å². The summed E-state index contributed by atoms with van der Waals surface area (Å²) < 4.78 is 41.2. The lowest BCUT2D eigenvalue weighted by atomic mass is 10.1. The summed E-state index contributed by atoms with van der Waals surface area (Å²) in [5.74, 6) is -0.357. The fourth-order valence-corrected chi connectivity index (χ4v) is 4.01. The van der Waals surface area contributed by atoms with E-state index in [1.807, 2.05) is 18.2 Å². The van der Waals surface area contributed by atoms with Crippen molar-refractivity contribution < 1.29 is 18.3 Å². The molecule has 0 saturated carbocycles. The molecule has 0 aliphatic carbocycles. The second kappa shape index (κ2) is 5.84. The van der Waals surface area contributed by atoms with E-state index in [0.29, 0.717) is 0 Å². The predicted molar refractivity (Wildman–Crippen MR) is 93.7 cm³/mol. The number of H-pyrrole nitrogens is 1. The van der Waals surface area contributed by atoms with Crippen LogP contribution in [0.3, 0.4) is 0 Å². The van der Waals surface area contributed by atoms with E-state index < -0.39 is 17.3 Å². The van der Waals surface area contributed by atoms with E-state index in [1.54, 1.807) is 12.1 Å². The minimum absolute atomic E-state index is 0.0407. The molecule has 0 bridgehead atoms. The zero-order valence-corrected chi connectivity index (χ0v) is 13.9. The number of rotatable bonds is 2. The fourth-order valence-electron chi connectivity index (χ4n) is 2.92. The van der Waals surface area contributed by atoms with E-state index in [2.05, 4.69) is 9.97 Å². The van der Waals surface area contributed by atoms with Crippen molar-refractivity contribution in [2.24, 2.45) is 0 Å². The Morgan fingerprint density at radius 1 is 1.15 bits per heavy atom. The molecule has 8 heteroatoms. The molecule has 4 aromatic rings. The number of hydrogen-bond acceptors (Lipinski definition) is 4. The average Bonchev–Trinajstić information content (AvgIpc) is 2.93. The van der Waals surface area contributed by atoms with Crippen LogP contribution in [0.2, 0.25) is 0 Å².